The number of carbonyl (C=O) groups is 1. The Morgan fingerprint density at radius 2 is 1.12 bits per heavy atom. The van der Waals surface area contributed by atoms with Gasteiger partial charge in [-0.05, 0) is 32.1 Å². The van der Waals surface area contributed by atoms with Crippen molar-refractivity contribution in [1.29, 1.82) is 0 Å². The van der Waals surface area contributed by atoms with E-state index in [0.717, 1.165) is 12.8 Å². The van der Waals surface area contributed by atoms with Crippen LogP contribution in [0.15, 0.2) is 12.2 Å². The quantitative estimate of drug-likeness (QED) is 0.139. The summed E-state index contributed by atoms with van der Waals surface area (Å²) >= 11 is 0. The zero-order valence-corrected chi connectivity index (χ0v) is 18.1. The third-order valence-corrected chi connectivity index (χ3v) is 8.30. The molecule has 0 aromatic heterocycles. The van der Waals surface area contributed by atoms with Gasteiger partial charge in [0.15, 0.2) is 5.52 Å². The van der Waals surface area contributed by atoms with Crippen LogP contribution >= 0.6 is 7.14 Å². The van der Waals surface area contributed by atoms with Gasteiger partial charge in [0.1, 0.15) is 7.14 Å². The maximum Gasteiger partial charge on any atom is 0.191 e. The average Bonchev–Trinajstić information content (AvgIpc) is 2.63. The second kappa shape index (κ2) is 17.1. The fourth-order valence-electron chi connectivity index (χ4n) is 3.13. The van der Waals surface area contributed by atoms with Crippen molar-refractivity contribution in [3.8, 4) is 0 Å². The van der Waals surface area contributed by atoms with Crippen molar-refractivity contribution in [3.63, 3.8) is 0 Å². The van der Waals surface area contributed by atoms with E-state index in [2.05, 4.69) is 19.1 Å². The fourth-order valence-corrected chi connectivity index (χ4v) is 4.85. The third kappa shape index (κ3) is 13.5. The van der Waals surface area contributed by atoms with Crippen LogP contribution in [0.3, 0.4) is 0 Å². The van der Waals surface area contributed by atoms with Crippen LogP contribution in [0.5, 0.6) is 0 Å². The number of hydrogen-bond acceptors (Lipinski definition) is 2. The van der Waals surface area contributed by atoms with Gasteiger partial charge in [-0.1, -0.05) is 84.3 Å². The Morgan fingerprint density at radius 3 is 1.60 bits per heavy atom. The number of rotatable bonds is 18. The van der Waals surface area contributed by atoms with E-state index in [-0.39, 0.29) is 5.52 Å². The molecular formula is C22H43O2P. The Bertz CT molecular complexity index is 379. The van der Waals surface area contributed by atoms with E-state index in [0.29, 0.717) is 18.7 Å². The summed E-state index contributed by atoms with van der Waals surface area (Å²) in [6, 6.07) is 0. The molecule has 0 saturated heterocycles. The molecule has 0 atom stereocenters. The van der Waals surface area contributed by atoms with E-state index < -0.39 is 7.14 Å². The number of allylic oxidation sites excluding steroid dienone is 2. The van der Waals surface area contributed by atoms with Crippen molar-refractivity contribution in [2.75, 3.05) is 12.3 Å². The van der Waals surface area contributed by atoms with Gasteiger partial charge in [0.25, 0.3) is 0 Å². The van der Waals surface area contributed by atoms with Crippen molar-refractivity contribution < 1.29 is 9.36 Å². The highest BCUT2D eigenvalue weighted by molar-refractivity contribution is 7.80. The molecular weight excluding hydrogens is 327 g/mol. The first-order valence-electron chi connectivity index (χ1n) is 10.9. The van der Waals surface area contributed by atoms with Crippen LogP contribution in [0.1, 0.15) is 111 Å². The molecule has 2 nitrogen and oxygen atoms in total. The molecule has 148 valence electrons. The molecule has 0 amide bonds. The van der Waals surface area contributed by atoms with Gasteiger partial charge in [-0.2, -0.15) is 0 Å². The standard InChI is InChI=1S/C22H43O2P/c1-4-7-8-9-10-11-12-13-14-15-16-17-18-19-20-21-22(23)25(24,5-2)6-3/h13-14H,4-12,15-21H2,1-3H3/b14-13-. The maximum atomic E-state index is 12.3. The van der Waals surface area contributed by atoms with Crippen molar-refractivity contribution in [3.05, 3.63) is 12.2 Å². The molecule has 0 aliphatic carbocycles. The molecule has 0 aromatic carbocycles. The van der Waals surface area contributed by atoms with E-state index in [1.165, 1.54) is 70.6 Å². The molecule has 0 unspecified atom stereocenters. The zero-order valence-electron chi connectivity index (χ0n) is 17.2. The topological polar surface area (TPSA) is 34.1 Å². The first kappa shape index (κ1) is 24.6. The maximum absolute atomic E-state index is 12.3. The molecule has 0 fully saturated rings. The highest BCUT2D eigenvalue weighted by atomic mass is 31.2. The lowest BCUT2D eigenvalue weighted by molar-refractivity contribution is -0.112. The smallest absolute Gasteiger partial charge is 0.191 e. The summed E-state index contributed by atoms with van der Waals surface area (Å²) in [4.78, 5) is 12.0. The number of unbranched alkanes of at least 4 members (excludes halogenated alkanes) is 11. The summed E-state index contributed by atoms with van der Waals surface area (Å²) in [6.07, 6.45) is 22.7. The second-order valence-corrected chi connectivity index (χ2v) is 10.8. The number of carbonyl (C=O) groups excluding carboxylic acids is 1. The Balaban J connectivity index is 3.40. The Hall–Kier alpha value is -0.360. The largest absolute Gasteiger partial charge is 0.316 e. The first-order valence-corrected chi connectivity index (χ1v) is 12.9. The highest BCUT2D eigenvalue weighted by Crippen LogP contribution is 2.46. The Morgan fingerprint density at radius 1 is 0.680 bits per heavy atom. The van der Waals surface area contributed by atoms with Crippen LogP contribution < -0.4 is 0 Å². The Kier molecular flexibility index (Phi) is 16.8. The monoisotopic (exact) mass is 370 g/mol. The van der Waals surface area contributed by atoms with Gasteiger partial charge in [-0.25, -0.2) is 0 Å². The summed E-state index contributed by atoms with van der Waals surface area (Å²) in [5, 5.41) is 0. The minimum absolute atomic E-state index is 0.0372. The summed E-state index contributed by atoms with van der Waals surface area (Å²) in [6.45, 7) is 6.02. The fraction of sp³-hybridized carbons (Fsp3) is 0.864. The van der Waals surface area contributed by atoms with E-state index in [1.54, 1.807) is 0 Å². The molecule has 0 N–H and O–H groups in total. The summed E-state index contributed by atoms with van der Waals surface area (Å²) in [5.41, 5.74) is 0.0372. The second-order valence-electron chi connectivity index (χ2n) is 7.25. The zero-order chi connectivity index (χ0) is 18.8. The first-order chi connectivity index (χ1) is 12.1. The predicted octanol–water partition coefficient (Wildman–Crippen LogP) is 7.95. The molecule has 0 spiro atoms. The molecule has 3 heteroatoms. The van der Waals surface area contributed by atoms with Crippen LogP contribution in [-0.4, -0.2) is 17.8 Å². The van der Waals surface area contributed by atoms with E-state index in [1.807, 2.05) is 13.8 Å². The third-order valence-electron chi connectivity index (χ3n) is 5.13. The van der Waals surface area contributed by atoms with E-state index in [9.17, 15) is 9.36 Å². The van der Waals surface area contributed by atoms with Crippen LogP contribution in [-0.2, 0) is 9.36 Å². The average molecular weight is 371 g/mol. The van der Waals surface area contributed by atoms with Gasteiger partial charge < -0.3 is 4.57 Å². The molecule has 0 rings (SSSR count). The lowest BCUT2D eigenvalue weighted by atomic mass is 10.1. The molecule has 0 bridgehead atoms. The SMILES string of the molecule is CCCCCCCC/C=C\CCCCCCCC(=O)P(=O)(CC)CC. The van der Waals surface area contributed by atoms with Gasteiger partial charge in [0, 0.05) is 18.7 Å². The van der Waals surface area contributed by atoms with E-state index >= 15 is 0 Å². The lowest BCUT2D eigenvalue weighted by Gasteiger charge is -2.12. The number of hydrogen-bond donors (Lipinski definition) is 0. The molecule has 0 aromatic rings. The molecule has 0 heterocycles. The van der Waals surface area contributed by atoms with Crippen molar-refractivity contribution in [1.82, 2.24) is 0 Å². The van der Waals surface area contributed by atoms with Crippen molar-refractivity contribution in [2.45, 2.75) is 111 Å². The van der Waals surface area contributed by atoms with Gasteiger partial charge >= 0.3 is 0 Å². The molecule has 0 saturated carbocycles. The van der Waals surface area contributed by atoms with Gasteiger partial charge in [0.05, 0.1) is 0 Å². The summed E-state index contributed by atoms with van der Waals surface area (Å²) in [7, 11) is -2.51. The summed E-state index contributed by atoms with van der Waals surface area (Å²) < 4.78 is 12.3. The van der Waals surface area contributed by atoms with Crippen LogP contribution in [0.2, 0.25) is 0 Å². The van der Waals surface area contributed by atoms with Crippen LogP contribution in [0, 0.1) is 0 Å². The molecule has 0 aliphatic heterocycles. The highest BCUT2D eigenvalue weighted by Gasteiger charge is 2.25. The molecule has 0 radical (unpaired) electrons. The van der Waals surface area contributed by atoms with Gasteiger partial charge in [-0.15, -0.1) is 0 Å². The minimum atomic E-state index is -2.51. The van der Waals surface area contributed by atoms with Crippen LogP contribution in [0.25, 0.3) is 0 Å². The Labute approximate surface area is 157 Å². The molecule has 0 aliphatic rings. The lowest BCUT2D eigenvalue weighted by Crippen LogP contribution is -2.04. The molecule has 25 heavy (non-hydrogen) atoms. The van der Waals surface area contributed by atoms with Crippen molar-refractivity contribution >= 4 is 12.7 Å². The van der Waals surface area contributed by atoms with Gasteiger partial charge in [0.2, 0.25) is 0 Å². The normalized spacial score (nSPS) is 12.1. The van der Waals surface area contributed by atoms with Crippen molar-refractivity contribution in [2.24, 2.45) is 0 Å². The minimum Gasteiger partial charge on any atom is -0.316 e. The van der Waals surface area contributed by atoms with Crippen LogP contribution in [0.4, 0.5) is 0 Å². The van der Waals surface area contributed by atoms with Gasteiger partial charge in [-0.3, -0.25) is 4.79 Å². The summed E-state index contributed by atoms with van der Waals surface area (Å²) in [5.74, 6) is 0. The van der Waals surface area contributed by atoms with E-state index in [4.69, 9.17) is 0 Å². The predicted molar refractivity (Wildman–Crippen MR) is 113 cm³/mol.